The molecule has 1 aliphatic carbocycles. The van der Waals surface area contributed by atoms with Crippen LogP contribution < -0.4 is 5.32 Å². The molecular formula is C15H26IN3. The summed E-state index contributed by atoms with van der Waals surface area (Å²) >= 11 is 0. The number of hydrogen-bond donors (Lipinski definition) is 1. The van der Waals surface area contributed by atoms with E-state index in [9.17, 15) is 0 Å². The molecule has 2 fully saturated rings. The van der Waals surface area contributed by atoms with Crippen molar-refractivity contribution in [2.24, 2.45) is 10.4 Å². The van der Waals surface area contributed by atoms with Gasteiger partial charge in [0.15, 0.2) is 5.96 Å². The first-order valence-corrected chi connectivity index (χ1v) is 7.26. The maximum Gasteiger partial charge on any atom is 0.194 e. The first-order valence-electron chi connectivity index (χ1n) is 7.26. The van der Waals surface area contributed by atoms with Crippen LogP contribution >= 0.6 is 24.0 Å². The Bertz CT molecular complexity index is 340. The normalized spacial score (nSPS) is 21.9. The minimum Gasteiger partial charge on any atom is -0.356 e. The number of terminal acetylenes is 1. The fourth-order valence-electron chi connectivity index (χ4n) is 3.37. The zero-order valence-electron chi connectivity index (χ0n) is 12.0. The molecule has 2 rings (SSSR count). The van der Waals surface area contributed by atoms with Crippen LogP contribution in [-0.4, -0.2) is 37.0 Å². The third kappa shape index (κ3) is 4.27. The molecule has 1 saturated heterocycles. The maximum absolute atomic E-state index is 5.30. The van der Waals surface area contributed by atoms with Crippen LogP contribution in [0.1, 0.15) is 45.4 Å². The van der Waals surface area contributed by atoms with Crippen LogP contribution in [0.15, 0.2) is 4.99 Å². The van der Waals surface area contributed by atoms with E-state index in [1.165, 1.54) is 45.1 Å². The Hall–Kier alpha value is -0.440. The molecule has 108 valence electrons. The molecule has 1 N–H and O–H groups in total. The van der Waals surface area contributed by atoms with Crippen LogP contribution in [0.25, 0.3) is 0 Å². The van der Waals surface area contributed by atoms with Gasteiger partial charge in [0, 0.05) is 19.6 Å². The predicted molar refractivity (Wildman–Crippen MR) is 91.9 cm³/mol. The second-order valence-electron chi connectivity index (χ2n) is 5.61. The van der Waals surface area contributed by atoms with Crippen LogP contribution in [0.2, 0.25) is 0 Å². The molecule has 0 unspecified atom stereocenters. The summed E-state index contributed by atoms with van der Waals surface area (Å²) in [6.45, 7) is 5.80. The molecule has 0 atom stereocenters. The van der Waals surface area contributed by atoms with Gasteiger partial charge in [-0.2, -0.15) is 0 Å². The molecule has 0 bridgehead atoms. The van der Waals surface area contributed by atoms with Gasteiger partial charge in [-0.3, -0.25) is 0 Å². The molecule has 0 aromatic rings. The molecule has 3 nitrogen and oxygen atoms in total. The van der Waals surface area contributed by atoms with E-state index in [1.807, 2.05) is 0 Å². The number of hydrogen-bond acceptors (Lipinski definition) is 1. The molecule has 0 radical (unpaired) electrons. The fourth-order valence-corrected chi connectivity index (χ4v) is 3.37. The van der Waals surface area contributed by atoms with E-state index in [1.54, 1.807) is 0 Å². The Morgan fingerprint density at radius 3 is 2.68 bits per heavy atom. The van der Waals surface area contributed by atoms with Gasteiger partial charge in [0.25, 0.3) is 0 Å². The molecule has 0 aromatic carbocycles. The van der Waals surface area contributed by atoms with E-state index < -0.39 is 0 Å². The number of halogens is 1. The van der Waals surface area contributed by atoms with Crippen LogP contribution in [0.3, 0.4) is 0 Å². The summed E-state index contributed by atoms with van der Waals surface area (Å²) in [5.41, 5.74) is 0.574. The van der Waals surface area contributed by atoms with Gasteiger partial charge in [0.05, 0.1) is 0 Å². The molecule has 0 aromatic heterocycles. The average Bonchev–Trinajstić information content (AvgIpc) is 2.79. The van der Waals surface area contributed by atoms with E-state index in [0.29, 0.717) is 12.0 Å². The minimum atomic E-state index is 0. The Morgan fingerprint density at radius 2 is 2.05 bits per heavy atom. The van der Waals surface area contributed by atoms with E-state index in [-0.39, 0.29) is 24.0 Å². The summed E-state index contributed by atoms with van der Waals surface area (Å²) < 4.78 is 0. The van der Waals surface area contributed by atoms with Crippen LogP contribution in [-0.2, 0) is 0 Å². The van der Waals surface area contributed by atoms with Crippen molar-refractivity contribution in [2.45, 2.75) is 45.4 Å². The average molecular weight is 375 g/mol. The summed E-state index contributed by atoms with van der Waals surface area (Å²) in [5, 5.41) is 3.36. The maximum atomic E-state index is 5.30. The summed E-state index contributed by atoms with van der Waals surface area (Å²) in [6, 6.07) is 0. The summed E-state index contributed by atoms with van der Waals surface area (Å²) in [6.07, 6.45) is 13.7. The molecule has 4 heteroatoms. The van der Waals surface area contributed by atoms with Crippen molar-refractivity contribution in [1.29, 1.82) is 0 Å². The van der Waals surface area contributed by atoms with Gasteiger partial charge in [-0.05, 0) is 31.6 Å². The second kappa shape index (κ2) is 7.98. The highest BCUT2D eigenvalue weighted by atomic mass is 127. The quantitative estimate of drug-likeness (QED) is 0.348. The van der Waals surface area contributed by atoms with Gasteiger partial charge in [-0.25, -0.2) is 4.99 Å². The van der Waals surface area contributed by atoms with Crippen LogP contribution in [0.5, 0.6) is 0 Å². The fraction of sp³-hybridized carbons (Fsp3) is 0.800. The molecule has 1 aliphatic heterocycles. The number of aliphatic imine (C=N–C) groups is 1. The molecule has 1 spiro atoms. The molecule has 2 aliphatic rings. The molecule has 1 heterocycles. The molecule has 0 amide bonds. The lowest BCUT2D eigenvalue weighted by Gasteiger charge is -2.33. The lowest BCUT2D eigenvalue weighted by atomic mass is 9.73. The summed E-state index contributed by atoms with van der Waals surface area (Å²) in [7, 11) is 0. The largest absolute Gasteiger partial charge is 0.356 e. The Labute approximate surface area is 134 Å². The minimum absolute atomic E-state index is 0. The van der Waals surface area contributed by atoms with Crippen molar-refractivity contribution in [1.82, 2.24) is 10.2 Å². The Balaban J connectivity index is 0.00000180. The Morgan fingerprint density at radius 1 is 1.32 bits per heavy atom. The smallest absolute Gasteiger partial charge is 0.194 e. The molecule has 19 heavy (non-hydrogen) atoms. The molecule has 1 saturated carbocycles. The van der Waals surface area contributed by atoms with Gasteiger partial charge in [-0.15, -0.1) is 30.4 Å². The van der Waals surface area contributed by atoms with Gasteiger partial charge in [0.2, 0.25) is 0 Å². The van der Waals surface area contributed by atoms with Gasteiger partial charge in [0.1, 0.15) is 6.54 Å². The number of nitrogens with one attached hydrogen (secondary N) is 1. The van der Waals surface area contributed by atoms with Crippen molar-refractivity contribution < 1.29 is 0 Å². The van der Waals surface area contributed by atoms with Gasteiger partial charge < -0.3 is 10.2 Å². The van der Waals surface area contributed by atoms with E-state index in [4.69, 9.17) is 6.42 Å². The topological polar surface area (TPSA) is 27.6 Å². The van der Waals surface area contributed by atoms with Gasteiger partial charge in [-0.1, -0.05) is 25.2 Å². The highest BCUT2D eigenvalue weighted by molar-refractivity contribution is 14.0. The molecular weight excluding hydrogens is 349 g/mol. The van der Waals surface area contributed by atoms with Crippen molar-refractivity contribution in [2.75, 3.05) is 26.2 Å². The van der Waals surface area contributed by atoms with Gasteiger partial charge >= 0.3 is 0 Å². The van der Waals surface area contributed by atoms with E-state index in [2.05, 4.69) is 28.1 Å². The van der Waals surface area contributed by atoms with Crippen molar-refractivity contribution in [3.05, 3.63) is 0 Å². The highest BCUT2D eigenvalue weighted by Gasteiger charge is 2.39. The van der Waals surface area contributed by atoms with Crippen molar-refractivity contribution >= 4 is 29.9 Å². The number of guanidine groups is 1. The van der Waals surface area contributed by atoms with E-state index >= 15 is 0 Å². The first kappa shape index (κ1) is 16.6. The number of nitrogens with zero attached hydrogens (tertiary/aromatic N) is 2. The third-order valence-electron chi connectivity index (χ3n) is 4.31. The number of likely N-dealkylation sites (tertiary alicyclic amines) is 1. The first-order chi connectivity index (χ1) is 8.79. The van der Waals surface area contributed by atoms with Crippen LogP contribution in [0.4, 0.5) is 0 Å². The standard InChI is InChI=1S/C15H25N3.HI/c1-3-11-17-14(16-4-2)18-12-10-15(13-18)8-6-5-7-9-15;/h1H,4-13H2,2H3,(H,16,17);1H. The van der Waals surface area contributed by atoms with E-state index in [0.717, 1.165) is 19.0 Å². The summed E-state index contributed by atoms with van der Waals surface area (Å²) in [4.78, 5) is 6.90. The monoisotopic (exact) mass is 375 g/mol. The lowest BCUT2D eigenvalue weighted by Crippen LogP contribution is -2.41. The predicted octanol–water partition coefficient (Wildman–Crippen LogP) is 2.86. The Kier molecular flexibility index (Phi) is 6.98. The van der Waals surface area contributed by atoms with Crippen molar-refractivity contribution in [3.63, 3.8) is 0 Å². The van der Waals surface area contributed by atoms with Crippen LogP contribution in [0, 0.1) is 17.8 Å². The third-order valence-corrected chi connectivity index (χ3v) is 4.31. The zero-order valence-corrected chi connectivity index (χ0v) is 14.3. The lowest BCUT2D eigenvalue weighted by molar-refractivity contribution is 0.203. The summed E-state index contributed by atoms with van der Waals surface area (Å²) in [5.74, 6) is 3.61. The highest BCUT2D eigenvalue weighted by Crippen LogP contribution is 2.43. The van der Waals surface area contributed by atoms with Crippen molar-refractivity contribution in [3.8, 4) is 12.3 Å². The number of rotatable bonds is 2. The zero-order chi connectivity index (χ0) is 12.8. The second-order valence-corrected chi connectivity index (χ2v) is 5.61. The SMILES string of the molecule is C#CCN=C(NCC)N1CCC2(CCCCC2)C1.I.